The van der Waals surface area contributed by atoms with Gasteiger partial charge in [-0.3, -0.25) is 4.79 Å². The normalized spacial score (nSPS) is 30.4. The molecule has 0 bridgehead atoms. The molecule has 2 nitrogen and oxygen atoms in total. The number of hydrogen-bond acceptors (Lipinski definition) is 2. The molecule has 0 aromatic heterocycles. The number of aliphatic hydroxyl groups is 1. The highest BCUT2D eigenvalue weighted by atomic mass is 16.3. The second-order valence-electron chi connectivity index (χ2n) is 4.97. The van der Waals surface area contributed by atoms with Crippen molar-refractivity contribution in [1.29, 1.82) is 0 Å². The third kappa shape index (κ3) is 1.78. The molecule has 1 N–H and O–H groups in total. The first-order valence-electron chi connectivity index (χ1n) is 5.83. The van der Waals surface area contributed by atoms with Gasteiger partial charge in [0.1, 0.15) is 6.10 Å². The minimum Gasteiger partial charge on any atom is -0.385 e. The third-order valence-electron chi connectivity index (χ3n) is 3.69. The summed E-state index contributed by atoms with van der Waals surface area (Å²) in [7, 11) is 0. The van der Waals surface area contributed by atoms with E-state index in [2.05, 4.69) is 0 Å². The van der Waals surface area contributed by atoms with Crippen molar-refractivity contribution in [3.05, 3.63) is 35.4 Å². The zero-order valence-corrected chi connectivity index (χ0v) is 9.86. The van der Waals surface area contributed by atoms with E-state index >= 15 is 0 Å². The number of aryl methyl sites for hydroxylation is 1. The molecule has 0 amide bonds. The molecule has 1 aromatic rings. The molecule has 2 rings (SSSR count). The zero-order valence-electron chi connectivity index (χ0n) is 9.86. The largest absolute Gasteiger partial charge is 0.385 e. The van der Waals surface area contributed by atoms with E-state index in [9.17, 15) is 9.90 Å². The van der Waals surface area contributed by atoms with E-state index in [1.165, 1.54) is 5.56 Å². The summed E-state index contributed by atoms with van der Waals surface area (Å²) in [5.74, 6) is -0.0254. The molecule has 16 heavy (non-hydrogen) atoms. The van der Waals surface area contributed by atoms with Gasteiger partial charge < -0.3 is 5.11 Å². The number of carbonyl (C=O) groups is 1. The summed E-state index contributed by atoms with van der Waals surface area (Å²) in [6.07, 6.45) is 1.59. The fraction of sp³-hybridized carbons (Fsp3) is 0.500. The Morgan fingerprint density at radius 1 is 1.31 bits per heavy atom. The molecule has 0 aliphatic heterocycles. The lowest BCUT2D eigenvalue weighted by atomic mass is 9.69. The van der Waals surface area contributed by atoms with Gasteiger partial charge in [0.25, 0.3) is 0 Å². The number of aliphatic hydroxyl groups excluding tert-OH is 1. The van der Waals surface area contributed by atoms with Gasteiger partial charge in [0.2, 0.25) is 0 Å². The number of Topliss-reactive ketones (excluding diaryl/α,β-unsaturated/α-hetero) is 1. The molecule has 0 radical (unpaired) electrons. The van der Waals surface area contributed by atoms with Crippen LogP contribution in [0.2, 0.25) is 0 Å². The Balaban J connectivity index is 2.37. The average molecular weight is 218 g/mol. The van der Waals surface area contributed by atoms with Gasteiger partial charge in [0.05, 0.1) is 5.41 Å². The molecule has 0 heterocycles. The van der Waals surface area contributed by atoms with Crippen molar-refractivity contribution in [2.75, 3.05) is 0 Å². The molecular weight excluding hydrogens is 200 g/mol. The van der Waals surface area contributed by atoms with E-state index in [1.54, 1.807) is 0 Å². The first-order valence-corrected chi connectivity index (χ1v) is 5.83. The highest BCUT2D eigenvalue weighted by molar-refractivity contribution is 5.93. The van der Waals surface area contributed by atoms with Crippen LogP contribution in [0, 0.1) is 6.92 Å². The average Bonchev–Trinajstić information content (AvgIpc) is 2.27. The van der Waals surface area contributed by atoms with E-state index in [-0.39, 0.29) is 5.78 Å². The van der Waals surface area contributed by atoms with Gasteiger partial charge >= 0.3 is 0 Å². The van der Waals surface area contributed by atoms with Gasteiger partial charge in [0, 0.05) is 0 Å². The number of benzene rings is 1. The van der Waals surface area contributed by atoms with Crippen LogP contribution in [-0.2, 0) is 10.2 Å². The van der Waals surface area contributed by atoms with Crippen LogP contribution in [0.5, 0.6) is 0 Å². The van der Waals surface area contributed by atoms with Crippen molar-refractivity contribution in [3.8, 4) is 0 Å². The van der Waals surface area contributed by atoms with Crippen LogP contribution >= 0.6 is 0 Å². The highest BCUT2D eigenvalue weighted by Crippen LogP contribution is 2.36. The molecule has 1 aromatic carbocycles. The highest BCUT2D eigenvalue weighted by Gasteiger charge is 2.41. The van der Waals surface area contributed by atoms with Crippen molar-refractivity contribution in [2.45, 2.75) is 44.6 Å². The minimum atomic E-state index is -0.778. The SMILES string of the molecule is Cc1ccc([C@]2(C)CCC[C@@H](O)C2=O)cc1. The van der Waals surface area contributed by atoms with Crippen LogP contribution in [0.1, 0.15) is 37.3 Å². The molecule has 1 aliphatic rings. The van der Waals surface area contributed by atoms with Crippen molar-refractivity contribution in [3.63, 3.8) is 0 Å². The van der Waals surface area contributed by atoms with Gasteiger partial charge in [0.15, 0.2) is 5.78 Å². The topological polar surface area (TPSA) is 37.3 Å². The van der Waals surface area contributed by atoms with Crippen LogP contribution in [0.3, 0.4) is 0 Å². The molecule has 1 saturated carbocycles. The maximum Gasteiger partial charge on any atom is 0.171 e. The zero-order chi connectivity index (χ0) is 11.8. The summed E-state index contributed by atoms with van der Waals surface area (Å²) in [4.78, 5) is 12.1. The Kier molecular flexibility index (Phi) is 2.85. The predicted molar refractivity (Wildman–Crippen MR) is 63.4 cm³/mol. The van der Waals surface area contributed by atoms with Gasteiger partial charge in [-0.15, -0.1) is 0 Å². The van der Waals surface area contributed by atoms with Gasteiger partial charge in [-0.1, -0.05) is 29.8 Å². The van der Waals surface area contributed by atoms with E-state index in [0.29, 0.717) is 6.42 Å². The Morgan fingerprint density at radius 3 is 2.56 bits per heavy atom. The van der Waals surface area contributed by atoms with E-state index in [1.807, 2.05) is 38.1 Å². The summed E-state index contributed by atoms with van der Waals surface area (Å²) in [6, 6.07) is 8.06. The van der Waals surface area contributed by atoms with Crippen LogP contribution in [-0.4, -0.2) is 17.0 Å². The first-order chi connectivity index (χ1) is 7.54. The van der Waals surface area contributed by atoms with Crippen LogP contribution in [0.4, 0.5) is 0 Å². The molecule has 1 fully saturated rings. The van der Waals surface area contributed by atoms with Crippen molar-refractivity contribution in [2.24, 2.45) is 0 Å². The maximum absolute atomic E-state index is 12.1. The summed E-state index contributed by atoms with van der Waals surface area (Å²) in [5.41, 5.74) is 1.73. The summed E-state index contributed by atoms with van der Waals surface area (Å²) in [6.45, 7) is 3.98. The number of rotatable bonds is 1. The second-order valence-corrected chi connectivity index (χ2v) is 4.97. The van der Waals surface area contributed by atoms with E-state index in [4.69, 9.17) is 0 Å². The quantitative estimate of drug-likeness (QED) is 0.785. The lowest BCUT2D eigenvalue weighted by molar-refractivity contribution is -0.135. The molecule has 0 unspecified atom stereocenters. The number of hydrogen-bond donors (Lipinski definition) is 1. The predicted octanol–water partition coefficient (Wildman–Crippen LogP) is 2.37. The van der Waals surface area contributed by atoms with Crippen LogP contribution < -0.4 is 0 Å². The fourth-order valence-corrected chi connectivity index (χ4v) is 2.48. The van der Waals surface area contributed by atoms with Crippen molar-refractivity contribution >= 4 is 5.78 Å². The number of carbonyl (C=O) groups excluding carboxylic acids is 1. The molecule has 1 aliphatic carbocycles. The maximum atomic E-state index is 12.1. The van der Waals surface area contributed by atoms with Crippen molar-refractivity contribution < 1.29 is 9.90 Å². The minimum absolute atomic E-state index is 0.0254. The number of ketones is 1. The van der Waals surface area contributed by atoms with Gasteiger partial charge in [-0.25, -0.2) is 0 Å². The Morgan fingerprint density at radius 2 is 1.94 bits per heavy atom. The summed E-state index contributed by atoms with van der Waals surface area (Å²) >= 11 is 0. The summed E-state index contributed by atoms with van der Waals surface area (Å²) in [5, 5.41) is 9.68. The molecule has 0 saturated heterocycles. The van der Waals surface area contributed by atoms with E-state index < -0.39 is 11.5 Å². The molecular formula is C14H18O2. The molecule has 86 valence electrons. The molecule has 2 atom stereocenters. The smallest absolute Gasteiger partial charge is 0.171 e. The monoisotopic (exact) mass is 218 g/mol. The Bertz CT molecular complexity index is 394. The third-order valence-corrected chi connectivity index (χ3v) is 3.69. The molecule has 0 spiro atoms. The van der Waals surface area contributed by atoms with Crippen molar-refractivity contribution in [1.82, 2.24) is 0 Å². The lowest BCUT2D eigenvalue weighted by Crippen LogP contribution is -2.43. The van der Waals surface area contributed by atoms with Gasteiger partial charge in [-0.2, -0.15) is 0 Å². The fourth-order valence-electron chi connectivity index (χ4n) is 2.48. The second kappa shape index (κ2) is 4.02. The summed E-state index contributed by atoms with van der Waals surface area (Å²) < 4.78 is 0. The van der Waals surface area contributed by atoms with E-state index in [0.717, 1.165) is 18.4 Å². The van der Waals surface area contributed by atoms with Crippen LogP contribution in [0.25, 0.3) is 0 Å². The van der Waals surface area contributed by atoms with Crippen LogP contribution in [0.15, 0.2) is 24.3 Å². The first kappa shape index (κ1) is 11.3. The van der Waals surface area contributed by atoms with Gasteiger partial charge in [-0.05, 0) is 38.7 Å². The standard InChI is InChI=1S/C14H18O2/c1-10-5-7-11(8-6-10)14(2)9-3-4-12(15)13(14)16/h5-8,12,15H,3-4,9H2,1-2H3/t12-,14+/m1/s1. The Hall–Kier alpha value is -1.15. The molecule has 2 heteroatoms. The Labute approximate surface area is 96.3 Å². The lowest BCUT2D eigenvalue weighted by Gasteiger charge is -2.35.